The van der Waals surface area contributed by atoms with Gasteiger partial charge in [0, 0.05) is 12.5 Å². The van der Waals surface area contributed by atoms with E-state index in [0.29, 0.717) is 24.7 Å². The summed E-state index contributed by atoms with van der Waals surface area (Å²) >= 11 is 0. The van der Waals surface area contributed by atoms with E-state index >= 15 is 0 Å². The standard InChI is InChI=1S/C28H30FN3O5/c1-19(31-27(33)18-36-14-13-34-2)28(20-5-4-6-24(15-20)35-3)37-25-11-12-26-21(16-25)17-30-32(26)23-9-7-22(29)8-10-23/h4-12,15-17,19,28H,13-14,18H2,1-3H3,(H,31,33)/t19-,28-/m0/s1. The minimum atomic E-state index is -0.511. The van der Waals surface area contributed by atoms with Crippen molar-refractivity contribution in [2.45, 2.75) is 19.1 Å². The molecule has 0 radical (unpaired) electrons. The van der Waals surface area contributed by atoms with E-state index in [1.54, 1.807) is 37.2 Å². The van der Waals surface area contributed by atoms with Gasteiger partial charge in [-0.3, -0.25) is 4.79 Å². The molecule has 9 heteroatoms. The SMILES string of the molecule is COCCOCC(=O)N[C@@H](C)[C@H](Oc1ccc2c(cnn2-c2ccc(F)cc2)c1)c1cccc(OC)c1. The molecule has 37 heavy (non-hydrogen) atoms. The van der Waals surface area contributed by atoms with Crippen LogP contribution in [0, 0.1) is 5.82 Å². The molecule has 2 atom stereocenters. The summed E-state index contributed by atoms with van der Waals surface area (Å²) in [7, 11) is 3.18. The molecule has 0 saturated heterocycles. The molecular formula is C28H30FN3O5. The van der Waals surface area contributed by atoms with Crippen molar-refractivity contribution in [2.75, 3.05) is 34.0 Å². The molecule has 0 aliphatic rings. The van der Waals surface area contributed by atoms with E-state index in [9.17, 15) is 9.18 Å². The van der Waals surface area contributed by atoms with E-state index in [1.807, 2.05) is 49.4 Å². The predicted octanol–water partition coefficient (Wildman–Crippen LogP) is 4.46. The number of aromatic nitrogens is 2. The van der Waals surface area contributed by atoms with Crippen molar-refractivity contribution in [3.63, 3.8) is 0 Å². The van der Waals surface area contributed by atoms with Gasteiger partial charge in [0.2, 0.25) is 5.91 Å². The molecule has 4 rings (SSSR count). The highest BCUT2D eigenvalue weighted by Crippen LogP contribution is 2.30. The van der Waals surface area contributed by atoms with Crippen LogP contribution >= 0.6 is 0 Å². The lowest BCUT2D eigenvalue weighted by Gasteiger charge is -2.27. The molecule has 0 spiro atoms. The number of halogens is 1. The Morgan fingerprint density at radius 3 is 2.59 bits per heavy atom. The number of carbonyl (C=O) groups excluding carboxylic acids is 1. The van der Waals surface area contributed by atoms with E-state index in [1.165, 1.54) is 12.1 Å². The van der Waals surface area contributed by atoms with E-state index in [0.717, 1.165) is 22.2 Å². The highest BCUT2D eigenvalue weighted by Gasteiger charge is 2.24. The second kappa shape index (κ2) is 12.3. The number of nitrogens with one attached hydrogen (secondary N) is 1. The first kappa shape index (κ1) is 26.1. The molecule has 1 heterocycles. The number of hydrogen-bond acceptors (Lipinski definition) is 6. The van der Waals surface area contributed by atoms with Crippen LogP contribution in [0.2, 0.25) is 0 Å². The summed E-state index contributed by atoms with van der Waals surface area (Å²) in [6.07, 6.45) is 1.22. The Bertz CT molecular complexity index is 1330. The molecule has 194 valence electrons. The first-order chi connectivity index (χ1) is 18.0. The fourth-order valence-electron chi connectivity index (χ4n) is 3.97. The number of nitrogens with zero attached hydrogens (tertiary/aromatic N) is 2. The third-order valence-corrected chi connectivity index (χ3v) is 5.80. The second-order valence-electron chi connectivity index (χ2n) is 8.47. The molecule has 4 aromatic rings. The van der Waals surface area contributed by atoms with Crippen molar-refractivity contribution in [1.29, 1.82) is 0 Å². The van der Waals surface area contributed by atoms with Gasteiger partial charge in [0.1, 0.15) is 30.0 Å². The molecule has 0 saturated carbocycles. The molecular weight excluding hydrogens is 477 g/mol. The Kier molecular flexibility index (Phi) is 8.71. The summed E-state index contributed by atoms with van der Waals surface area (Å²) in [6.45, 7) is 2.55. The Morgan fingerprint density at radius 2 is 1.84 bits per heavy atom. The lowest BCUT2D eigenvalue weighted by atomic mass is 10.0. The first-order valence-electron chi connectivity index (χ1n) is 11.9. The Labute approximate surface area is 214 Å². The van der Waals surface area contributed by atoms with Crippen molar-refractivity contribution >= 4 is 16.8 Å². The third-order valence-electron chi connectivity index (χ3n) is 5.80. The van der Waals surface area contributed by atoms with Crippen molar-refractivity contribution in [3.8, 4) is 17.2 Å². The summed E-state index contributed by atoms with van der Waals surface area (Å²) in [5, 5.41) is 8.27. The van der Waals surface area contributed by atoms with Gasteiger partial charge >= 0.3 is 0 Å². The minimum absolute atomic E-state index is 0.0763. The number of rotatable bonds is 12. The number of hydrogen-bond donors (Lipinski definition) is 1. The van der Waals surface area contributed by atoms with Gasteiger partial charge < -0.3 is 24.3 Å². The average Bonchev–Trinajstić information content (AvgIpc) is 3.33. The van der Waals surface area contributed by atoms with Crippen LogP contribution in [0.4, 0.5) is 4.39 Å². The third kappa shape index (κ3) is 6.63. The van der Waals surface area contributed by atoms with Gasteiger partial charge in [0.25, 0.3) is 0 Å². The number of benzene rings is 3. The van der Waals surface area contributed by atoms with Crippen LogP contribution in [-0.4, -0.2) is 55.8 Å². The fourth-order valence-corrected chi connectivity index (χ4v) is 3.97. The van der Waals surface area contributed by atoms with Crippen LogP contribution in [0.25, 0.3) is 16.6 Å². The maximum atomic E-state index is 13.3. The van der Waals surface area contributed by atoms with E-state index in [-0.39, 0.29) is 24.4 Å². The Hall–Kier alpha value is -3.95. The smallest absolute Gasteiger partial charge is 0.246 e. The molecule has 1 N–H and O–H groups in total. The molecule has 1 amide bonds. The Morgan fingerprint density at radius 1 is 1.03 bits per heavy atom. The van der Waals surface area contributed by atoms with Crippen LogP contribution < -0.4 is 14.8 Å². The molecule has 0 unspecified atom stereocenters. The highest BCUT2D eigenvalue weighted by atomic mass is 19.1. The molecule has 8 nitrogen and oxygen atoms in total. The number of amides is 1. The lowest BCUT2D eigenvalue weighted by Crippen LogP contribution is -2.41. The summed E-state index contributed by atoms with van der Waals surface area (Å²) in [5.41, 5.74) is 2.45. The minimum Gasteiger partial charge on any atom is -0.497 e. The second-order valence-corrected chi connectivity index (χ2v) is 8.47. The number of ether oxygens (including phenoxy) is 4. The molecule has 0 bridgehead atoms. The Balaban J connectivity index is 1.56. The summed E-state index contributed by atoms with van der Waals surface area (Å²) < 4.78 is 37.2. The van der Waals surface area contributed by atoms with Crippen molar-refractivity contribution in [1.82, 2.24) is 15.1 Å². The molecule has 0 fully saturated rings. The fraction of sp³-hybridized carbons (Fsp3) is 0.286. The molecule has 3 aromatic carbocycles. The maximum Gasteiger partial charge on any atom is 0.246 e. The number of methoxy groups -OCH3 is 2. The topological polar surface area (TPSA) is 83.8 Å². The monoisotopic (exact) mass is 507 g/mol. The van der Waals surface area contributed by atoms with Gasteiger partial charge in [-0.25, -0.2) is 9.07 Å². The van der Waals surface area contributed by atoms with Crippen molar-refractivity contribution in [2.24, 2.45) is 0 Å². The van der Waals surface area contributed by atoms with E-state index < -0.39 is 6.10 Å². The predicted molar refractivity (Wildman–Crippen MR) is 138 cm³/mol. The van der Waals surface area contributed by atoms with Gasteiger partial charge in [-0.05, 0) is 67.1 Å². The largest absolute Gasteiger partial charge is 0.497 e. The van der Waals surface area contributed by atoms with Crippen LogP contribution in [0.15, 0.2) is 72.9 Å². The van der Waals surface area contributed by atoms with Crippen LogP contribution in [0.5, 0.6) is 11.5 Å². The zero-order valence-electron chi connectivity index (χ0n) is 21.0. The summed E-state index contributed by atoms with van der Waals surface area (Å²) in [5.74, 6) is 0.735. The molecule has 0 aliphatic heterocycles. The van der Waals surface area contributed by atoms with Crippen molar-refractivity contribution < 1.29 is 28.1 Å². The van der Waals surface area contributed by atoms with E-state index in [4.69, 9.17) is 18.9 Å². The normalized spacial score (nSPS) is 12.8. The lowest BCUT2D eigenvalue weighted by molar-refractivity contribution is -0.127. The highest BCUT2D eigenvalue weighted by molar-refractivity contribution is 5.82. The summed E-state index contributed by atoms with van der Waals surface area (Å²) in [4.78, 5) is 12.5. The van der Waals surface area contributed by atoms with Crippen LogP contribution in [-0.2, 0) is 14.3 Å². The summed E-state index contributed by atoms with van der Waals surface area (Å²) in [6, 6.07) is 18.9. The molecule has 1 aromatic heterocycles. The number of fused-ring (bicyclic) bond motifs is 1. The first-order valence-corrected chi connectivity index (χ1v) is 11.9. The maximum absolute atomic E-state index is 13.3. The zero-order chi connectivity index (χ0) is 26.2. The van der Waals surface area contributed by atoms with Gasteiger partial charge in [-0.1, -0.05) is 12.1 Å². The quantitative estimate of drug-likeness (QED) is 0.285. The molecule has 0 aliphatic carbocycles. The van der Waals surface area contributed by atoms with Gasteiger partial charge in [0.15, 0.2) is 0 Å². The number of carbonyl (C=O) groups is 1. The van der Waals surface area contributed by atoms with Gasteiger partial charge in [-0.2, -0.15) is 5.10 Å². The van der Waals surface area contributed by atoms with Gasteiger partial charge in [0.05, 0.1) is 43.8 Å². The zero-order valence-corrected chi connectivity index (χ0v) is 21.0. The van der Waals surface area contributed by atoms with Crippen LogP contribution in [0.3, 0.4) is 0 Å². The van der Waals surface area contributed by atoms with Crippen LogP contribution in [0.1, 0.15) is 18.6 Å². The average molecular weight is 508 g/mol. The van der Waals surface area contributed by atoms with Gasteiger partial charge in [-0.15, -0.1) is 0 Å². The van der Waals surface area contributed by atoms with Crippen molar-refractivity contribution in [3.05, 3.63) is 84.3 Å². The van der Waals surface area contributed by atoms with E-state index in [2.05, 4.69) is 10.4 Å².